The van der Waals surface area contributed by atoms with Crippen molar-refractivity contribution >= 4 is 22.6 Å². The lowest BCUT2D eigenvalue weighted by molar-refractivity contribution is 0.403. The lowest BCUT2D eigenvalue weighted by atomic mass is 11.3. The zero-order valence-electron chi connectivity index (χ0n) is 3.93. The van der Waals surface area contributed by atoms with Crippen molar-refractivity contribution in [2.45, 2.75) is 0 Å². The Labute approximate surface area is 55.9 Å². The first-order valence-corrected chi connectivity index (χ1v) is 3.18. The van der Waals surface area contributed by atoms with E-state index in [9.17, 15) is 0 Å². The highest BCUT2D eigenvalue weighted by atomic mass is 127. The number of nitrogens with one attached hydrogen (secondary N) is 1. The Balaban J connectivity index is 3.16. The van der Waals surface area contributed by atoms with Gasteiger partial charge in [0.2, 0.25) is 0 Å². The Morgan fingerprint density at radius 1 is 2.00 bits per heavy atom. The molecule has 0 aliphatic carbocycles. The molecular formula is C2H6IN4-. The number of halogens is 1. The van der Waals surface area contributed by atoms with Crippen LogP contribution in [0.5, 0.6) is 0 Å². The van der Waals surface area contributed by atoms with Crippen LogP contribution in [0, 0.1) is 5.53 Å². The molecule has 0 unspecified atom stereocenters. The highest BCUT2D eigenvalue weighted by Gasteiger charge is 1.74. The Morgan fingerprint density at radius 2 is 2.57 bits per heavy atom. The second-order valence-corrected chi connectivity index (χ2v) is 1.47. The van der Waals surface area contributed by atoms with E-state index in [1.165, 1.54) is 5.12 Å². The molecule has 0 saturated carbocycles. The fourth-order valence-electron chi connectivity index (χ4n) is 0.125. The molecule has 5 heteroatoms. The van der Waals surface area contributed by atoms with Crippen molar-refractivity contribution in [3.05, 3.63) is 5.43 Å². The van der Waals surface area contributed by atoms with Crippen LogP contribution in [0.4, 0.5) is 0 Å². The highest BCUT2D eigenvalue weighted by Crippen LogP contribution is 1.97. The highest BCUT2D eigenvalue weighted by molar-refractivity contribution is 14.1. The van der Waals surface area contributed by atoms with Crippen molar-refractivity contribution in [2.24, 2.45) is 5.22 Å². The van der Waals surface area contributed by atoms with E-state index in [2.05, 4.69) is 33.2 Å². The summed E-state index contributed by atoms with van der Waals surface area (Å²) in [7, 11) is 1.59. The summed E-state index contributed by atoms with van der Waals surface area (Å²) in [4.78, 5) is 0. The van der Waals surface area contributed by atoms with Crippen LogP contribution in [-0.2, 0) is 0 Å². The Morgan fingerprint density at radius 3 is 2.57 bits per heavy atom. The van der Waals surface area contributed by atoms with Gasteiger partial charge in [-0.15, -0.1) is 7.05 Å². The van der Waals surface area contributed by atoms with Gasteiger partial charge in [-0.25, -0.2) is 0 Å². The molecule has 0 rings (SSSR count). The van der Waals surface area contributed by atoms with Crippen LogP contribution >= 0.6 is 22.6 Å². The minimum absolute atomic E-state index is 0.637. The number of rotatable bonds is 3. The molecule has 0 amide bonds. The molecule has 0 bridgehead atoms. The lowest BCUT2D eigenvalue weighted by Crippen LogP contribution is -2.04. The van der Waals surface area contributed by atoms with E-state index in [0.717, 1.165) is 0 Å². The monoisotopic (exact) mass is 213 g/mol. The molecule has 4 nitrogen and oxygen atoms in total. The normalized spacial score (nSPS) is 8.29. The van der Waals surface area contributed by atoms with E-state index < -0.39 is 0 Å². The molecule has 0 aromatic carbocycles. The first-order valence-electron chi connectivity index (χ1n) is 1.65. The number of hydrogen-bond acceptors (Lipinski definition) is 2. The summed E-state index contributed by atoms with van der Waals surface area (Å²) in [6.45, 7) is 0. The van der Waals surface area contributed by atoms with Crippen LogP contribution in [0.15, 0.2) is 5.22 Å². The van der Waals surface area contributed by atoms with Gasteiger partial charge in [-0.05, 0) is 0 Å². The second-order valence-electron chi connectivity index (χ2n) is 0.792. The summed E-state index contributed by atoms with van der Waals surface area (Å²) in [6, 6.07) is 0. The molecule has 0 radical (unpaired) electrons. The fraction of sp³-hybridized carbons (Fsp3) is 1.00. The summed E-state index contributed by atoms with van der Waals surface area (Å²) in [6.07, 6.45) is 0. The third-order valence-corrected chi connectivity index (χ3v) is 1.06. The van der Waals surface area contributed by atoms with Gasteiger partial charge in [0, 0.05) is 0 Å². The summed E-state index contributed by atoms with van der Waals surface area (Å²) in [5.74, 6) is 0. The summed E-state index contributed by atoms with van der Waals surface area (Å²) < 4.78 is 0.637. The van der Waals surface area contributed by atoms with Gasteiger partial charge in [-0.1, -0.05) is 27.8 Å². The zero-order chi connectivity index (χ0) is 5.70. The van der Waals surface area contributed by atoms with Gasteiger partial charge in [0.25, 0.3) is 0 Å². The third-order valence-electron chi connectivity index (χ3n) is 0.453. The van der Waals surface area contributed by atoms with Crippen LogP contribution in [0.25, 0.3) is 5.43 Å². The molecule has 0 aromatic heterocycles. The molecule has 0 aliphatic heterocycles. The topological polar surface area (TPSA) is 53.6 Å². The van der Waals surface area contributed by atoms with Crippen molar-refractivity contribution in [2.75, 3.05) is 11.6 Å². The molecule has 0 aliphatic rings. The molecule has 0 atom stereocenters. The number of alkyl halides is 1. The average molecular weight is 213 g/mol. The van der Waals surface area contributed by atoms with E-state index in [0.29, 0.717) is 4.55 Å². The maximum atomic E-state index is 6.41. The van der Waals surface area contributed by atoms with Crippen LogP contribution in [0.1, 0.15) is 0 Å². The van der Waals surface area contributed by atoms with Gasteiger partial charge >= 0.3 is 0 Å². The van der Waals surface area contributed by atoms with E-state index in [4.69, 9.17) is 5.53 Å². The minimum atomic E-state index is 0.637. The molecule has 7 heavy (non-hydrogen) atoms. The van der Waals surface area contributed by atoms with Gasteiger partial charge in [0.1, 0.15) is 0 Å². The molecule has 0 heterocycles. The summed E-state index contributed by atoms with van der Waals surface area (Å²) >= 11 is 2.07. The summed E-state index contributed by atoms with van der Waals surface area (Å²) in [5.41, 5.74) is 10.0. The maximum Gasteiger partial charge on any atom is 0.0699 e. The van der Waals surface area contributed by atoms with Crippen molar-refractivity contribution in [1.82, 2.24) is 5.12 Å². The molecule has 0 aromatic rings. The molecule has 1 N–H and O–H groups in total. The van der Waals surface area contributed by atoms with E-state index >= 15 is 0 Å². The molecular weight excluding hydrogens is 207 g/mol. The van der Waals surface area contributed by atoms with Gasteiger partial charge in [-0.2, -0.15) is 5.53 Å². The quantitative estimate of drug-likeness (QED) is 0.249. The van der Waals surface area contributed by atoms with Gasteiger partial charge < -0.3 is 10.5 Å². The average Bonchev–Trinajstić information content (AvgIpc) is 1.72. The largest absolute Gasteiger partial charge is 0.550 e. The second kappa shape index (κ2) is 4.25. The van der Waals surface area contributed by atoms with Gasteiger partial charge in [-0.3, -0.25) is 0 Å². The van der Waals surface area contributed by atoms with Crippen LogP contribution < -0.4 is 0 Å². The SMILES string of the molecule is C[N-]N(CI)N=N. The molecule has 0 spiro atoms. The molecule has 42 valence electrons. The van der Waals surface area contributed by atoms with Gasteiger partial charge in [0.05, 0.1) is 4.55 Å². The van der Waals surface area contributed by atoms with Crippen LogP contribution in [-0.4, -0.2) is 16.7 Å². The van der Waals surface area contributed by atoms with Crippen molar-refractivity contribution in [3.63, 3.8) is 0 Å². The Hall–Kier alpha value is 0.0900. The van der Waals surface area contributed by atoms with Crippen molar-refractivity contribution in [3.8, 4) is 0 Å². The van der Waals surface area contributed by atoms with E-state index in [-0.39, 0.29) is 0 Å². The molecule has 0 fully saturated rings. The van der Waals surface area contributed by atoms with Crippen molar-refractivity contribution < 1.29 is 0 Å². The minimum Gasteiger partial charge on any atom is -0.550 e. The predicted molar refractivity (Wildman–Crippen MR) is 35.2 cm³/mol. The first-order chi connectivity index (χ1) is 3.35. The smallest absolute Gasteiger partial charge is 0.0699 e. The van der Waals surface area contributed by atoms with Crippen LogP contribution in [0.3, 0.4) is 0 Å². The van der Waals surface area contributed by atoms with Crippen molar-refractivity contribution in [1.29, 1.82) is 5.53 Å². The lowest BCUT2D eigenvalue weighted by Gasteiger charge is -2.24. The summed E-state index contributed by atoms with van der Waals surface area (Å²) in [5, 5.41) is 4.31. The fourth-order valence-corrected chi connectivity index (χ4v) is 0.583. The standard InChI is InChI=1S/C2H6IN4/c1-5-7(2-3)6-4/h4H,2H2,1H3/q-1. The van der Waals surface area contributed by atoms with E-state index in [1.54, 1.807) is 7.05 Å². The number of nitrogens with zero attached hydrogens (tertiary/aromatic N) is 3. The number of hydrogen-bond donors (Lipinski definition) is 1. The molecule has 0 saturated heterocycles. The first kappa shape index (κ1) is 7.09. The van der Waals surface area contributed by atoms with E-state index in [1.807, 2.05) is 0 Å². The maximum absolute atomic E-state index is 6.41. The Kier molecular flexibility index (Phi) is 4.31. The van der Waals surface area contributed by atoms with Crippen LogP contribution in [0.2, 0.25) is 0 Å². The Bertz CT molecular complexity index is 51.7. The predicted octanol–water partition coefficient (Wildman–Crippen LogP) is 1.55. The third kappa shape index (κ3) is 2.75. The van der Waals surface area contributed by atoms with Gasteiger partial charge in [0.15, 0.2) is 0 Å². The zero-order valence-corrected chi connectivity index (χ0v) is 6.08.